The molecule has 2 aliphatic heterocycles. The molecule has 1 unspecified atom stereocenters. The molecule has 3 rings (SSSR count). The second-order valence-electron chi connectivity index (χ2n) is 5.38. The van der Waals surface area contributed by atoms with Gasteiger partial charge in [-0.3, -0.25) is 0 Å². The predicted octanol–water partition coefficient (Wildman–Crippen LogP) is 2.95. The summed E-state index contributed by atoms with van der Waals surface area (Å²) in [5.41, 5.74) is 2.50. The lowest BCUT2D eigenvalue weighted by molar-refractivity contribution is 0.139. The third kappa shape index (κ3) is 1.87. The smallest absolute Gasteiger partial charge is 0.141 e. The second kappa shape index (κ2) is 3.88. The molecule has 0 amide bonds. The molecule has 2 heterocycles. The van der Waals surface area contributed by atoms with Gasteiger partial charge in [0, 0.05) is 18.5 Å². The quantitative estimate of drug-likeness (QED) is 0.799. The molecule has 0 saturated carbocycles. The molecule has 1 aromatic rings. The number of rotatable bonds is 1. The van der Waals surface area contributed by atoms with Gasteiger partial charge in [0.15, 0.2) is 0 Å². The fourth-order valence-corrected chi connectivity index (χ4v) is 2.56. The van der Waals surface area contributed by atoms with Gasteiger partial charge in [-0.1, -0.05) is 26.0 Å². The van der Waals surface area contributed by atoms with Crippen molar-refractivity contribution >= 4 is 6.08 Å². The van der Waals surface area contributed by atoms with Crippen LogP contribution in [0.3, 0.4) is 0 Å². The van der Waals surface area contributed by atoms with Crippen LogP contribution in [0.1, 0.15) is 37.3 Å². The number of hydrogen-bond donors (Lipinski definition) is 1. The number of nitrogens with one attached hydrogen (secondary N) is 1. The molecule has 1 atom stereocenters. The Labute approximate surface area is 103 Å². The summed E-state index contributed by atoms with van der Waals surface area (Å²) in [7, 11) is 0. The Morgan fingerprint density at radius 3 is 2.94 bits per heavy atom. The highest BCUT2D eigenvalue weighted by Gasteiger charge is 2.35. The van der Waals surface area contributed by atoms with Crippen molar-refractivity contribution in [1.29, 1.82) is 0 Å². The Hall–Kier alpha value is -1.28. The van der Waals surface area contributed by atoms with Gasteiger partial charge in [0.05, 0.1) is 0 Å². The van der Waals surface area contributed by atoms with Crippen LogP contribution in [0.2, 0.25) is 0 Å². The van der Waals surface area contributed by atoms with E-state index in [1.165, 1.54) is 11.1 Å². The first-order valence-electron chi connectivity index (χ1n) is 6.41. The molecule has 0 aliphatic carbocycles. The summed E-state index contributed by atoms with van der Waals surface area (Å²) < 4.78 is 6.17. The third-order valence-corrected chi connectivity index (χ3v) is 3.73. The zero-order valence-corrected chi connectivity index (χ0v) is 10.5. The van der Waals surface area contributed by atoms with E-state index in [0.717, 1.165) is 25.3 Å². The minimum Gasteiger partial charge on any atom is -0.481 e. The third-order valence-electron chi connectivity index (χ3n) is 3.73. The van der Waals surface area contributed by atoms with Crippen molar-refractivity contribution in [1.82, 2.24) is 5.32 Å². The highest BCUT2D eigenvalue weighted by atomic mass is 16.5. The molecule has 2 nitrogen and oxygen atoms in total. The maximum absolute atomic E-state index is 6.17. The lowest BCUT2D eigenvalue weighted by Crippen LogP contribution is -2.37. The van der Waals surface area contributed by atoms with E-state index in [4.69, 9.17) is 4.74 Å². The second-order valence-corrected chi connectivity index (χ2v) is 5.38. The van der Waals surface area contributed by atoms with Crippen LogP contribution in [0.25, 0.3) is 6.08 Å². The minimum atomic E-state index is -0.0909. The van der Waals surface area contributed by atoms with Crippen molar-refractivity contribution in [3.05, 3.63) is 35.4 Å². The fourth-order valence-electron chi connectivity index (χ4n) is 2.56. The van der Waals surface area contributed by atoms with E-state index >= 15 is 0 Å². The van der Waals surface area contributed by atoms with Gasteiger partial charge in [0.2, 0.25) is 0 Å². The maximum atomic E-state index is 6.17. The van der Waals surface area contributed by atoms with Crippen molar-refractivity contribution in [2.75, 3.05) is 13.1 Å². The summed E-state index contributed by atoms with van der Waals surface area (Å²) in [5, 5.41) is 3.37. The number of benzene rings is 1. The molecule has 2 heteroatoms. The Kier molecular flexibility index (Phi) is 2.48. The summed E-state index contributed by atoms with van der Waals surface area (Å²) in [6.07, 6.45) is 5.51. The zero-order valence-electron chi connectivity index (χ0n) is 10.5. The van der Waals surface area contributed by atoms with E-state index < -0.39 is 0 Å². The first-order chi connectivity index (χ1) is 8.19. The topological polar surface area (TPSA) is 21.3 Å². The van der Waals surface area contributed by atoms with Crippen LogP contribution < -0.4 is 10.1 Å². The van der Waals surface area contributed by atoms with Gasteiger partial charge in [-0.05, 0) is 36.2 Å². The molecule has 90 valence electrons. The number of ether oxygens (including phenoxy) is 1. The molecule has 1 N–H and O–H groups in total. The normalized spacial score (nSPS) is 26.3. The molecular weight excluding hydrogens is 210 g/mol. The van der Waals surface area contributed by atoms with Crippen LogP contribution in [0.5, 0.6) is 5.75 Å². The molecule has 1 aromatic carbocycles. The van der Waals surface area contributed by atoms with Crippen LogP contribution >= 0.6 is 0 Å². The molecule has 17 heavy (non-hydrogen) atoms. The SMILES string of the molecule is CC(C)c1ccc2c(c1)C=CC1(CCNC1)O2. The van der Waals surface area contributed by atoms with Gasteiger partial charge in [-0.25, -0.2) is 0 Å². The summed E-state index contributed by atoms with van der Waals surface area (Å²) in [6, 6.07) is 6.54. The van der Waals surface area contributed by atoms with Gasteiger partial charge in [0.25, 0.3) is 0 Å². The van der Waals surface area contributed by atoms with Crippen LogP contribution in [0.15, 0.2) is 24.3 Å². The Morgan fingerprint density at radius 1 is 1.35 bits per heavy atom. The highest BCUT2D eigenvalue weighted by molar-refractivity contribution is 5.62. The molecule has 0 bridgehead atoms. The predicted molar refractivity (Wildman–Crippen MR) is 70.4 cm³/mol. The molecule has 2 aliphatic rings. The Bertz CT molecular complexity index is 456. The standard InChI is InChI=1S/C15H19NO/c1-11(2)12-3-4-14-13(9-12)5-6-15(17-14)7-8-16-10-15/h3-6,9,11,16H,7-8,10H2,1-2H3. The van der Waals surface area contributed by atoms with Crippen LogP contribution in [-0.2, 0) is 0 Å². The average Bonchev–Trinajstić information content (AvgIpc) is 2.76. The van der Waals surface area contributed by atoms with Gasteiger partial charge < -0.3 is 10.1 Å². The maximum Gasteiger partial charge on any atom is 0.141 e. The van der Waals surface area contributed by atoms with Crippen LogP contribution in [0.4, 0.5) is 0 Å². The number of fused-ring (bicyclic) bond motifs is 1. The highest BCUT2D eigenvalue weighted by Crippen LogP contribution is 2.35. The largest absolute Gasteiger partial charge is 0.481 e. The van der Waals surface area contributed by atoms with Crippen molar-refractivity contribution in [2.45, 2.75) is 31.8 Å². The first-order valence-corrected chi connectivity index (χ1v) is 6.41. The van der Waals surface area contributed by atoms with Crippen molar-refractivity contribution in [2.24, 2.45) is 0 Å². The van der Waals surface area contributed by atoms with E-state index in [1.807, 2.05) is 0 Å². The van der Waals surface area contributed by atoms with E-state index in [0.29, 0.717) is 5.92 Å². The van der Waals surface area contributed by atoms with E-state index in [-0.39, 0.29) is 5.60 Å². The van der Waals surface area contributed by atoms with Crippen LogP contribution in [-0.4, -0.2) is 18.7 Å². The summed E-state index contributed by atoms with van der Waals surface area (Å²) in [4.78, 5) is 0. The average molecular weight is 229 g/mol. The molecule has 0 radical (unpaired) electrons. The number of hydrogen-bond acceptors (Lipinski definition) is 2. The monoisotopic (exact) mass is 229 g/mol. The Balaban J connectivity index is 1.94. The zero-order chi connectivity index (χ0) is 11.9. The van der Waals surface area contributed by atoms with Gasteiger partial charge in [-0.15, -0.1) is 0 Å². The van der Waals surface area contributed by atoms with Crippen molar-refractivity contribution in [3.63, 3.8) is 0 Å². The fraction of sp³-hybridized carbons (Fsp3) is 0.467. The summed E-state index contributed by atoms with van der Waals surface area (Å²) in [5.74, 6) is 1.60. The lowest BCUT2D eigenvalue weighted by Gasteiger charge is -2.30. The van der Waals surface area contributed by atoms with Crippen molar-refractivity contribution in [3.8, 4) is 5.75 Å². The van der Waals surface area contributed by atoms with Gasteiger partial charge in [-0.2, -0.15) is 0 Å². The van der Waals surface area contributed by atoms with E-state index in [2.05, 4.69) is 49.5 Å². The molecule has 1 spiro atoms. The summed E-state index contributed by atoms with van der Waals surface area (Å²) >= 11 is 0. The van der Waals surface area contributed by atoms with Crippen molar-refractivity contribution < 1.29 is 4.74 Å². The lowest BCUT2D eigenvalue weighted by atomic mass is 9.94. The molecule has 1 saturated heterocycles. The molecule has 1 fully saturated rings. The van der Waals surface area contributed by atoms with Gasteiger partial charge >= 0.3 is 0 Å². The Morgan fingerprint density at radius 2 is 2.24 bits per heavy atom. The first kappa shape index (κ1) is 10.8. The van der Waals surface area contributed by atoms with Gasteiger partial charge in [0.1, 0.15) is 11.4 Å². The minimum absolute atomic E-state index is 0.0909. The van der Waals surface area contributed by atoms with Crippen LogP contribution in [0, 0.1) is 0 Å². The summed E-state index contributed by atoms with van der Waals surface area (Å²) in [6.45, 7) is 6.41. The molecular formula is C15H19NO. The van der Waals surface area contributed by atoms with E-state index in [9.17, 15) is 0 Å². The van der Waals surface area contributed by atoms with E-state index in [1.54, 1.807) is 0 Å². The molecule has 0 aromatic heterocycles.